The topological polar surface area (TPSA) is 86.1 Å². The van der Waals surface area contributed by atoms with Gasteiger partial charge in [0.1, 0.15) is 24.8 Å². The second kappa shape index (κ2) is 14.3. The van der Waals surface area contributed by atoms with Crippen molar-refractivity contribution >= 4 is 5.97 Å². The van der Waals surface area contributed by atoms with E-state index in [1.807, 2.05) is 54.6 Å². The standard InChI is InChI=1S/C38H39N3O5/c1-3-4-19-41-33(36(31-11-8-12-32(23-31)44-2)39-37(41)29-9-6-5-7-10-29)26-40(24-27-13-16-30(17-14-27)38(42)43)25-28-15-18-34-35(22-28)46-21-20-45-34/h5-18,22-23H,3-4,19-21,24-26H2,1-2H3,(H,42,43). The van der Waals surface area contributed by atoms with Crippen molar-refractivity contribution in [2.75, 3.05) is 20.3 Å². The Morgan fingerprint density at radius 3 is 2.30 bits per heavy atom. The molecule has 236 valence electrons. The van der Waals surface area contributed by atoms with Gasteiger partial charge in [-0.3, -0.25) is 4.90 Å². The molecule has 0 radical (unpaired) electrons. The van der Waals surface area contributed by atoms with Gasteiger partial charge in [-0.25, -0.2) is 9.78 Å². The fraction of sp³-hybridized carbons (Fsp3) is 0.263. The van der Waals surface area contributed by atoms with Gasteiger partial charge in [-0.05, 0) is 53.9 Å². The third-order valence-corrected chi connectivity index (χ3v) is 8.18. The molecule has 0 saturated heterocycles. The van der Waals surface area contributed by atoms with Crippen molar-refractivity contribution in [3.05, 3.63) is 119 Å². The second-order valence-corrected chi connectivity index (χ2v) is 11.5. The lowest BCUT2D eigenvalue weighted by Crippen LogP contribution is -2.25. The van der Waals surface area contributed by atoms with Gasteiger partial charge in [-0.15, -0.1) is 0 Å². The predicted molar refractivity (Wildman–Crippen MR) is 178 cm³/mol. The molecule has 0 fully saturated rings. The van der Waals surface area contributed by atoms with Crippen molar-refractivity contribution in [2.45, 2.75) is 45.9 Å². The third kappa shape index (κ3) is 7.08. The summed E-state index contributed by atoms with van der Waals surface area (Å²) < 4.78 is 19.7. The van der Waals surface area contributed by atoms with Crippen molar-refractivity contribution in [1.82, 2.24) is 14.5 Å². The first-order chi connectivity index (χ1) is 22.5. The maximum atomic E-state index is 11.5. The van der Waals surface area contributed by atoms with Gasteiger partial charge in [0.05, 0.1) is 24.1 Å². The van der Waals surface area contributed by atoms with Gasteiger partial charge in [-0.1, -0.05) is 74.0 Å². The molecule has 5 aromatic rings. The molecular formula is C38H39N3O5. The fourth-order valence-electron chi connectivity index (χ4n) is 5.85. The van der Waals surface area contributed by atoms with Crippen LogP contribution in [0.2, 0.25) is 0 Å². The Balaban J connectivity index is 1.45. The van der Waals surface area contributed by atoms with Gasteiger partial charge < -0.3 is 23.9 Å². The Kier molecular flexibility index (Phi) is 9.65. The highest BCUT2D eigenvalue weighted by Gasteiger charge is 2.23. The van der Waals surface area contributed by atoms with Crippen LogP contribution in [0.4, 0.5) is 0 Å². The summed E-state index contributed by atoms with van der Waals surface area (Å²) in [6, 6.07) is 31.7. The van der Waals surface area contributed by atoms with Crippen LogP contribution in [0.3, 0.4) is 0 Å². The van der Waals surface area contributed by atoms with E-state index in [2.05, 4.69) is 46.7 Å². The van der Waals surface area contributed by atoms with Crippen molar-refractivity contribution in [3.63, 3.8) is 0 Å². The van der Waals surface area contributed by atoms with E-state index in [1.54, 1.807) is 19.2 Å². The van der Waals surface area contributed by atoms with Crippen LogP contribution >= 0.6 is 0 Å². The molecule has 46 heavy (non-hydrogen) atoms. The summed E-state index contributed by atoms with van der Waals surface area (Å²) in [6.45, 7) is 5.95. The number of benzene rings is 4. The Morgan fingerprint density at radius 2 is 1.57 bits per heavy atom. The number of ether oxygens (including phenoxy) is 3. The number of hydrogen-bond donors (Lipinski definition) is 1. The average Bonchev–Trinajstić information content (AvgIpc) is 3.45. The van der Waals surface area contributed by atoms with E-state index in [1.165, 1.54) is 0 Å². The van der Waals surface area contributed by atoms with Gasteiger partial charge in [0, 0.05) is 37.3 Å². The van der Waals surface area contributed by atoms with Crippen LogP contribution in [-0.2, 0) is 26.2 Å². The highest BCUT2D eigenvalue weighted by atomic mass is 16.6. The first-order valence-electron chi connectivity index (χ1n) is 15.7. The van der Waals surface area contributed by atoms with Gasteiger partial charge in [0.25, 0.3) is 0 Å². The molecule has 2 heterocycles. The minimum atomic E-state index is -0.934. The summed E-state index contributed by atoms with van der Waals surface area (Å²) in [5.41, 5.74) is 6.48. The van der Waals surface area contributed by atoms with Crippen molar-refractivity contribution in [3.8, 4) is 39.9 Å². The van der Waals surface area contributed by atoms with E-state index in [9.17, 15) is 9.90 Å². The Hall–Kier alpha value is -5.08. The molecule has 8 nitrogen and oxygen atoms in total. The Bertz CT molecular complexity index is 1780. The SMILES string of the molecule is CCCCn1c(-c2ccccc2)nc(-c2cccc(OC)c2)c1CN(Cc1ccc(C(=O)O)cc1)Cc1ccc2c(c1)OCCO2. The molecule has 0 bridgehead atoms. The van der Waals surface area contributed by atoms with Gasteiger partial charge in [0.2, 0.25) is 0 Å². The van der Waals surface area contributed by atoms with E-state index in [4.69, 9.17) is 19.2 Å². The van der Waals surface area contributed by atoms with E-state index < -0.39 is 5.97 Å². The number of aromatic carboxylic acids is 1. The third-order valence-electron chi connectivity index (χ3n) is 8.18. The number of hydrogen-bond acceptors (Lipinski definition) is 6. The Morgan fingerprint density at radius 1 is 0.848 bits per heavy atom. The normalized spacial score (nSPS) is 12.3. The zero-order valence-electron chi connectivity index (χ0n) is 26.3. The molecule has 0 unspecified atom stereocenters. The fourth-order valence-corrected chi connectivity index (χ4v) is 5.85. The molecule has 1 aromatic heterocycles. The van der Waals surface area contributed by atoms with E-state index in [0.29, 0.717) is 32.8 Å². The highest BCUT2D eigenvalue weighted by molar-refractivity contribution is 5.87. The molecule has 1 aliphatic rings. The summed E-state index contributed by atoms with van der Waals surface area (Å²) in [7, 11) is 1.68. The molecule has 4 aromatic carbocycles. The zero-order chi connectivity index (χ0) is 31.9. The van der Waals surface area contributed by atoms with Crippen LogP contribution in [-0.4, -0.2) is 45.9 Å². The first kappa shape index (κ1) is 30.9. The number of carboxylic acids is 1. The number of imidazole rings is 1. The molecule has 0 aliphatic carbocycles. The van der Waals surface area contributed by atoms with Gasteiger partial charge in [0.15, 0.2) is 11.5 Å². The maximum absolute atomic E-state index is 11.5. The number of rotatable bonds is 13. The van der Waals surface area contributed by atoms with Gasteiger partial charge in [-0.2, -0.15) is 0 Å². The van der Waals surface area contributed by atoms with Crippen molar-refractivity contribution < 1.29 is 24.1 Å². The lowest BCUT2D eigenvalue weighted by Gasteiger charge is -2.26. The molecule has 0 amide bonds. The van der Waals surface area contributed by atoms with Crippen LogP contribution in [0, 0.1) is 0 Å². The van der Waals surface area contributed by atoms with Crippen LogP contribution < -0.4 is 14.2 Å². The van der Waals surface area contributed by atoms with E-state index in [0.717, 1.165) is 76.1 Å². The Labute approximate surface area is 269 Å². The minimum absolute atomic E-state index is 0.271. The summed E-state index contributed by atoms with van der Waals surface area (Å²) in [4.78, 5) is 19.2. The van der Waals surface area contributed by atoms with E-state index in [-0.39, 0.29) is 5.56 Å². The molecule has 6 rings (SSSR count). The number of nitrogens with zero attached hydrogens (tertiary/aromatic N) is 3. The molecule has 1 N–H and O–H groups in total. The summed E-state index contributed by atoms with van der Waals surface area (Å²) in [6.07, 6.45) is 2.07. The molecule has 1 aliphatic heterocycles. The summed E-state index contributed by atoms with van der Waals surface area (Å²) >= 11 is 0. The highest BCUT2D eigenvalue weighted by Crippen LogP contribution is 2.35. The second-order valence-electron chi connectivity index (χ2n) is 11.5. The van der Waals surface area contributed by atoms with Gasteiger partial charge >= 0.3 is 5.97 Å². The number of unbranched alkanes of at least 4 members (excludes halogenated alkanes) is 1. The molecule has 0 saturated carbocycles. The molecule has 0 atom stereocenters. The summed E-state index contributed by atoms with van der Waals surface area (Å²) in [5.74, 6) is 2.30. The van der Waals surface area contributed by atoms with Crippen LogP contribution in [0.15, 0.2) is 97.1 Å². The number of methoxy groups -OCH3 is 1. The molecule has 0 spiro atoms. The molecule has 8 heteroatoms. The largest absolute Gasteiger partial charge is 0.497 e. The van der Waals surface area contributed by atoms with Crippen molar-refractivity contribution in [2.24, 2.45) is 0 Å². The smallest absolute Gasteiger partial charge is 0.335 e. The van der Waals surface area contributed by atoms with Crippen LogP contribution in [0.25, 0.3) is 22.6 Å². The van der Waals surface area contributed by atoms with Crippen LogP contribution in [0.1, 0.15) is 46.9 Å². The maximum Gasteiger partial charge on any atom is 0.335 e. The summed E-state index contributed by atoms with van der Waals surface area (Å²) in [5, 5.41) is 9.47. The van der Waals surface area contributed by atoms with E-state index >= 15 is 0 Å². The first-order valence-corrected chi connectivity index (χ1v) is 15.7. The van der Waals surface area contributed by atoms with Crippen LogP contribution in [0.5, 0.6) is 17.2 Å². The minimum Gasteiger partial charge on any atom is -0.497 e. The quantitative estimate of drug-likeness (QED) is 0.145. The van der Waals surface area contributed by atoms with Crippen molar-refractivity contribution in [1.29, 1.82) is 0 Å². The number of aromatic nitrogens is 2. The lowest BCUT2D eigenvalue weighted by atomic mass is 10.1. The molecular weight excluding hydrogens is 578 g/mol. The average molecular weight is 618 g/mol. The monoisotopic (exact) mass is 617 g/mol. The predicted octanol–water partition coefficient (Wildman–Crippen LogP) is 7.70. The lowest BCUT2D eigenvalue weighted by molar-refractivity contribution is 0.0697. The number of carbonyl (C=O) groups is 1. The zero-order valence-corrected chi connectivity index (χ0v) is 26.3. The number of carboxylic acid groups (broad SMARTS) is 1. The number of fused-ring (bicyclic) bond motifs is 1.